The van der Waals surface area contributed by atoms with Gasteiger partial charge in [-0.1, -0.05) is 69.3 Å². The maximum absolute atomic E-state index is 13.8. The maximum Gasteiger partial charge on any atom is 0.243 e. The third-order valence-electron chi connectivity index (χ3n) is 7.86. The molecule has 0 saturated carbocycles. The normalized spacial score (nSPS) is 22.3. The number of benzene rings is 2. The Morgan fingerprint density at radius 1 is 0.971 bits per heavy atom. The molecule has 2 heterocycles. The predicted molar refractivity (Wildman–Crippen MR) is 139 cm³/mol. The van der Waals surface area contributed by atoms with Gasteiger partial charge in [-0.3, -0.25) is 9.59 Å². The van der Waals surface area contributed by atoms with Crippen LogP contribution in [0.25, 0.3) is 0 Å². The third-order valence-corrected chi connectivity index (χ3v) is 12.3. The molecule has 182 valence electrons. The summed E-state index contributed by atoms with van der Waals surface area (Å²) in [7, 11) is -2.15. The summed E-state index contributed by atoms with van der Waals surface area (Å²) in [5.74, 6) is -1.33. The summed E-state index contributed by atoms with van der Waals surface area (Å²) in [4.78, 5) is 33.7. The van der Waals surface area contributed by atoms with E-state index in [0.29, 0.717) is 18.7 Å². The Morgan fingerprint density at radius 3 is 2.23 bits per heavy atom. The topological polar surface area (TPSA) is 64.4 Å². The van der Waals surface area contributed by atoms with Crippen molar-refractivity contribution in [1.29, 1.82) is 0 Å². The van der Waals surface area contributed by atoms with Crippen LogP contribution in [0.15, 0.2) is 67.0 Å². The fourth-order valence-corrected chi connectivity index (χ4v) is 6.26. The van der Waals surface area contributed by atoms with Crippen molar-refractivity contribution in [2.45, 2.75) is 63.9 Å². The molecule has 5 rings (SSSR count). The van der Waals surface area contributed by atoms with Gasteiger partial charge < -0.3 is 8.99 Å². The lowest BCUT2D eigenvalue weighted by atomic mass is 9.80. The second-order valence-electron chi connectivity index (χ2n) is 11.2. The van der Waals surface area contributed by atoms with Gasteiger partial charge in [-0.2, -0.15) is 0 Å². The number of hydrogen-bond donors (Lipinski definition) is 0. The fraction of sp³-hybridized carbons (Fsp3) is 0.393. The first-order valence-electron chi connectivity index (χ1n) is 12.3. The molecular weight excluding hydrogens is 454 g/mol. The molecule has 0 bridgehead atoms. The smallest absolute Gasteiger partial charge is 0.243 e. The highest BCUT2D eigenvalue weighted by atomic mass is 28.4. The largest absolute Gasteiger partial charge is 0.408 e. The van der Waals surface area contributed by atoms with Crippen molar-refractivity contribution in [2.24, 2.45) is 5.92 Å². The van der Waals surface area contributed by atoms with Gasteiger partial charge in [0.2, 0.25) is 11.8 Å². The molecule has 6 nitrogen and oxygen atoms in total. The van der Waals surface area contributed by atoms with E-state index in [9.17, 15) is 9.59 Å². The van der Waals surface area contributed by atoms with Crippen LogP contribution in [0, 0.1) is 5.92 Å². The lowest BCUT2D eigenvalue weighted by Gasteiger charge is -2.41. The predicted octanol–water partition coefficient (Wildman–Crippen LogP) is 5.67. The molecule has 2 amide bonds. The highest BCUT2D eigenvalue weighted by molar-refractivity contribution is 6.74. The van der Waals surface area contributed by atoms with E-state index in [0.717, 1.165) is 17.0 Å². The minimum absolute atomic E-state index is 0.0161. The number of carbonyl (C=O) groups is 2. The van der Waals surface area contributed by atoms with E-state index in [-0.39, 0.29) is 23.0 Å². The number of fused-ring (bicyclic) bond motifs is 3. The van der Waals surface area contributed by atoms with Gasteiger partial charge in [-0.25, -0.2) is 9.88 Å². The Labute approximate surface area is 208 Å². The van der Waals surface area contributed by atoms with Crippen LogP contribution in [0.2, 0.25) is 18.1 Å². The van der Waals surface area contributed by atoms with Crippen molar-refractivity contribution < 1.29 is 14.0 Å². The second kappa shape index (κ2) is 8.57. The molecular formula is C28H33N3O3Si. The zero-order valence-corrected chi connectivity index (χ0v) is 22.1. The van der Waals surface area contributed by atoms with Crippen LogP contribution in [0.1, 0.15) is 56.2 Å². The van der Waals surface area contributed by atoms with Gasteiger partial charge in [-0.05, 0) is 42.2 Å². The van der Waals surface area contributed by atoms with Gasteiger partial charge in [0.1, 0.15) is 0 Å². The molecule has 0 N–H and O–H groups in total. The van der Waals surface area contributed by atoms with Crippen molar-refractivity contribution in [3.8, 4) is 0 Å². The fourth-order valence-electron chi connectivity index (χ4n) is 4.98. The van der Waals surface area contributed by atoms with Crippen LogP contribution in [-0.4, -0.2) is 29.7 Å². The molecule has 3 atom stereocenters. The number of rotatable bonds is 5. The molecule has 1 aromatic heterocycles. The van der Waals surface area contributed by atoms with Crippen molar-refractivity contribution >= 4 is 25.8 Å². The first-order valence-corrected chi connectivity index (χ1v) is 15.2. The van der Waals surface area contributed by atoms with Gasteiger partial charge in [0, 0.05) is 6.54 Å². The number of aromatic nitrogens is 2. The van der Waals surface area contributed by atoms with E-state index >= 15 is 0 Å². The number of anilines is 1. The van der Waals surface area contributed by atoms with E-state index < -0.39 is 20.2 Å². The van der Waals surface area contributed by atoms with Gasteiger partial charge in [0.25, 0.3) is 0 Å². The van der Waals surface area contributed by atoms with Gasteiger partial charge >= 0.3 is 0 Å². The summed E-state index contributed by atoms with van der Waals surface area (Å²) in [6, 6.07) is 19.4. The highest BCUT2D eigenvalue weighted by Gasteiger charge is 2.56. The molecule has 3 aromatic rings. The minimum Gasteiger partial charge on any atom is -0.408 e. The first-order chi connectivity index (χ1) is 16.6. The standard InChI is InChI=1S/C28H33N3O3Si/c1-28(2,3)35(4,5)34-22-16-21-23(27(33)31(26(21)32)20-14-10-7-11-15-20)25-24(22)29-18-30(25)17-19-12-8-6-9-13-19/h6-15,18,21-23H,16-17H2,1-5H3/t21?,22-,23?/m0/s1. The molecule has 1 aliphatic carbocycles. The molecule has 2 unspecified atom stereocenters. The summed E-state index contributed by atoms with van der Waals surface area (Å²) in [6.07, 6.45) is 1.97. The Bertz CT molecular complexity index is 1250. The third kappa shape index (κ3) is 4.06. The Morgan fingerprint density at radius 2 is 1.60 bits per heavy atom. The van der Waals surface area contributed by atoms with E-state index in [2.05, 4.69) is 46.0 Å². The molecule has 2 aliphatic rings. The summed E-state index contributed by atoms with van der Waals surface area (Å²) in [5, 5.41) is 0.0161. The van der Waals surface area contributed by atoms with Crippen LogP contribution in [-0.2, 0) is 20.6 Å². The second-order valence-corrected chi connectivity index (χ2v) is 15.9. The molecule has 7 heteroatoms. The minimum atomic E-state index is -2.15. The van der Waals surface area contributed by atoms with Crippen molar-refractivity contribution in [3.05, 3.63) is 83.9 Å². The average molecular weight is 488 g/mol. The SMILES string of the molecule is CC(C)(C)[Si](C)(C)O[C@H]1CC2C(=O)N(c3ccccc3)C(=O)C2c2c1ncn2Cc1ccccc1. The maximum atomic E-state index is 13.8. The lowest BCUT2D eigenvalue weighted by molar-refractivity contribution is -0.122. The number of imide groups is 1. The average Bonchev–Trinajstić information content (AvgIpc) is 3.33. The number of hydrogen-bond acceptors (Lipinski definition) is 4. The van der Waals surface area contributed by atoms with Gasteiger partial charge in [0.15, 0.2) is 8.32 Å². The molecule has 0 radical (unpaired) electrons. The van der Waals surface area contributed by atoms with Crippen molar-refractivity contribution in [1.82, 2.24) is 9.55 Å². The Balaban J connectivity index is 1.59. The van der Waals surface area contributed by atoms with E-state index in [1.165, 1.54) is 4.90 Å². The number of para-hydroxylation sites is 1. The molecule has 0 spiro atoms. The monoisotopic (exact) mass is 487 g/mol. The first kappa shape index (κ1) is 23.7. The Hall–Kier alpha value is -3.03. The zero-order chi connectivity index (χ0) is 25.0. The summed E-state index contributed by atoms with van der Waals surface area (Å²) in [6.45, 7) is 11.7. The van der Waals surface area contributed by atoms with Crippen LogP contribution < -0.4 is 4.90 Å². The molecule has 1 saturated heterocycles. The molecule has 35 heavy (non-hydrogen) atoms. The van der Waals surface area contributed by atoms with E-state index in [1.807, 2.05) is 59.4 Å². The van der Waals surface area contributed by atoms with Gasteiger partial charge in [-0.15, -0.1) is 0 Å². The quantitative estimate of drug-likeness (QED) is 0.344. The summed E-state index contributed by atoms with van der Waals surface area (Å²) in [5.41, 5.74) is 3.37. The molecule has 1 fully saturated rings. The summed E-state index contributed by atoms with van der Waals surface area (Å²) >= 11 is 0. The summed E-state index contributed by atoms with van der Waals surface area (Å²) < 4.78 is 8.89. The van der Waals surface area contributed by atoms with Crippen molar-refractivity contribution in [3.63, 3.8) is 0 Å². The van der Waals surface area contributed by atoms with Crippen LogP contribution >= 0.6 is 0 Å². The molecule has 1 aliphatic heterocycles. The van der Waals surface area contributed by atoms with Crippen LogP contribution in [0.4, 0.5) is 5.69 Å². The molecule has 2 aromatic carbocycles. The number of imidazole rings is 1. The van der Waals surface area contributed by atoms with Crippen LogP contribution in [0.5, 0.6) is 0 Å². The lowest BCUT2D eigenvalue weighted by Crippen LogP contribution is -2.43. The number of amides is 2. The number of nitrogens with zero attached hydrogens (tertiary/aromatic N) is 3. The van der Waals surface area contributed by atoms with Crippen LogP contribution in [0.3, 0.4) is 0 Å². The van der Waals surface area contributed by atoms with Gasteiger partial charge in [0.05, 0.1) is 41.3 Å². The highest BCUT2D eigenvalue weighted by Crippen LogP contribution is 2.51. The van der Waals surface area contributed by atoms with E-state index in [4.69, 9.17) is 9.41 Å². The van der Waals surface area contributed by atoms with Crippen molar-refractivity contribution in [2.75, 3.05) is 4.90 Å². The zero-order valence-electron chi connectivity index (χ0n) is 21.1. The van der Waals surface area contributed by atoms with E-state index in [1.54, 1.807) is 0 Å². The Kier molecular flexibility index (Phi) is 5.80. The number of carbonyl (C=O) groups excluding carboxylic acids is 2.